The topological polar surface area (TPSA) is 7.12 Å². The maximum atomic E-state index is 3.74. The summed E-state index contributed by atoms with van der Waals surface area (Å²) in [5, 5.41) is 0. The van der Waals surface area contributed by atoms with E-state index in [0.29, 0.717) is 0 Å². The van der Waals surface area contributed by atoms with Crippen LogP contribution in [0.5, 0.6) is 0 Å². The lowest BCUT2D eigenvalue weighted by atomic mass is 10.3. The van der Waals surface area contributed by atoms with E-state index < -0.39 is 0 Å². The van der Waals surface area contributed by atoms with Crippen molar-refractivity contribution in [3.8, 4) is 0 Å². The fraction of sp³-hybridized carbons (Fsp3) is 0.462. The number of pyridine rings is 1. The largest absolute Gasteiger partial charge is 0.298 e. The summed E-state index contributed by atoms with van der Waals surface area (Å²) < 4.78 is 2.21. The van der Waals surface area contributed by atoms with Gasteiger partial charge in [0.25, 0.3) is 0 Å². The minimum atomic E-state index is 1.05. The Labute approximate surface area is 92.9 Å². The van der Waals surface area contributed by atoms with Crippen molar-refractivity contribution in [2.75, 3.05) is 19.6 Å². The van der Waals surface area contributed by atoms with E-state index in [1.54, 1.807) is 0 Å². The molecule has 0 spiro atoms. The number of aromatic nitrogens is 1. The highest BCUT2D eigenvalue weighted by atomic mass is 15.1. The molecule has 0 unspecified atom stereocenters. The Morgan fingerprint density at radius 1 is 1.27 bits per heavy atom. The number of hydrogen-bond donors (Lipinski definition) is 0. The third-order valence-electron chi connectivity index (χ3n) is 2.72. The van der Waals surface area contributed by atoms with Gasteiger partial charge < -0.3 is 0 Å². The normalized spacial score (nSPS) is 10.6. The van der Waals surface area contributed by atoms with E-state index in [2.05, 4.69) is 54.4 Å². The molecule has 0 radical (unpaired) electrons. The summed E-state index contributed by atoms with van der Waals surface area (Å²) in [4.78, 5) is 2.43. The molecule has 82 valence electrons. The van der Waals surface area contributed by atoms with Gasteiger partial charge in [0.2, 0.25) is 0 Å². The summed E-state index contributed by atoms with van der Waals surface area (Å²) in [5.41, 5.74) is 1.18. The Morgan fingerprint density at radius 3 is 2.33 bits per heavy atom. The molecule has 0 atom stereocenters. The van der Waals surface area contributed by atoms with Crippen molar-refractivity contribution < 1.29 is 4.57 Å². The molecule has 0 aromatic carbocycles. The van der Waals surface area contributed by atoms with Crippen molar-refractivity contribution in [3.63, 3.8) is 0 Å². The van der Waals surface area contributed by atoms with Gasteiger partial charge in [0.1, 0.15) is 0 Å². The lowest BCUT2D eigenvalue weighted by molar-refractivity contribution is -0.696. The molecular weight excluding hydrogens is 184 g/mol. The smallest absolute Gasteiger partial charge is 0.169 e. The van der Waals surface area contributed by atoms with Gasteiger partial charge in [-0.1, -0.05) is 26.5 Å². The molecule has 0 aliphatic carbocycles. The fourth-order valence-electron chi connectivity index (χ4n) is 1.55. The predicted molar refractivity (Wildman–Crippen MR) is 64.5 cm³/mol. The van der Waals surface area contributed by atoms with Crippen LogP contribution in [0.2, 0.25) is 0 Å². The van der Waals surface area contributed by atoms with Gasteiger partial charge in [0, 0.05) is 12.1 Å². The summed E-state index contributed by atoms with van der Waals surface area (Å²) in [6.45, 7) is 12.6. The van der Waals surface area contributed by atoms with Crippen molar-refractivity contribution in [2.45, 2.75) is 20.4 Å². The zero-order valence-electron chi connectivity index (χ0n) is 9.82. The standard InChI is InChI=1S/C13H21N2/c1-4-13-7-9-15(10-8-13)12-11-14(5-2)6-3/h4,7-10H,1,5-6,11-12H2,2-3H3/q+1. The average molecular weight is 205 g/mol. The van der Waals surface area contributed by atoms with Gasteiger partial charge in [-0.2, -0.15) is 0 Å². The Balaban J connectivity index is 2.46. The molecule has 2 nitrogen and oxygen atoms in total. The van der Waals surface area contributed by atoms with Gasteiger partial charge in [0.05, 0.1) is 6.54 Å². The summed E-state index contributed by atoms with van der Waals surface area (Å²) in [6, 6.07) is 4.18. The van der Waals surface area contributed by atoms with E-state index in [1.165, 1.54) is 5.56 Å². The van der Waals surface area contributed by atoms with E-state index >= 15 is 0 Å². The first-order chi connectivity index (χ1) is 7.30. The molecule has 0 saturated heterocycles. The minimum absolute atomic E-state index is 1.05. The molecule has 1 aromatic rings. The Morgan fingerprint density at radius 2 is 1.87 bits per heavy atom. The van der Waals surface area contributed by atoms with Crippen LogP contribution in [0.25, 0.3) is 6.08 Å². The second-order valence-corrected chi connectivity index (χ2v) is 3.60. The van der Waals surface area contributed by atoms with Crippen LogP contribution < -0.4 is 4.57 Å². The maximum absolute atomic E-state index is 3.74. The summed E-state index contributed by atoms with van der Waals surface area (Å²) in [5.74, 6) is 0. The molecule has 2 heteroatoms. The number of hydrogen-bond acceptors (Lipinski definition) is 1. The second kappa shape index (κ2) is 6.36. The zero-order valence-corrected chi connectivity index (χ0v) is 9.82. The van der Waals surface area contributed by atoms with E-state index in [-0.39, 0.29) is 0 Å². The van der Waals surface area contributed by atoms with Crippen molar-refractivity contribution in [2.24, 2.45) is 0 Å². The molecule has 0 aliphatic heterocycles. The summed E-state index contributed by atoms with van der Waals surface area (Å²) >= 11 is 0. The number of likely N-dealkylation sites (N-methyl/N-ethyl adjacent to an activating group) is 1. The first-order valence-corrected chi connectivity index (χ1v) is 5.64. The van der Waals surface area contributed by atoms with Crippen molar-refractivity contribution >= 4 is 6.08 Å². The first-order valence-electron chi connectivity index (χ1n) is 5.64. The third kappa shape index (κ3) is 3.84. The molecule has 0 amide bonds. The van der Waals surface area contributed by atoms with Crippen LogP contribution in [-0.4, -0.2) is 24.5 Å². The van der Waals surface area contributed by atoms with E-state index in [1.807, 2.05) is 6.08 Å². The van der Waals surface area contributed by atoms with Gasteiger partial charge in [-0.3, -0.25) is 4.90 Å². The van der Waals surface area contributed by atoms with Crippen molar-refractivity contribution in [3.05, 3.63) is 36.7 Å². The van der Waals surface area contributed by atoms with E-state index in [0.717, 1.165) is 26.2 Å². The molecule has 1 aromatic heterocycles. The third-order valence-corrected chi connectivity index (χ3v) is 2.72. The molecule has 0 saturated carbocycles. The fourth-order valence-corrected chi connectivity index (χ4v) is 1.55. The van der Waals surface area contributed by atoms with Gasteiger partial charge in [0.15, 0.2) is 18.9 Å². The molecule has 1 heterocycles. The highest BCUT2D eigenvalue weighted by Gasteiger charge is 2.03. The molecule has 15 heavy (non-hydrogen) atoms. The van der Waals surface area contributed by atoms with Gasteiger partial charge >= 0.3 is 0 Å². The maximum Gasteiger partial charge on any atom is 0.169 e. The van der Waals surface area contributed by atoms with E-state index in [9.17, 15) is 0 Å². The van der Waals surface area contributed by atoms with E-state index in [4.69, 9.17) is 0 Å². The second-order valence-electron chi connectivity index (χ2n) is 3.60. The molecule has 1 rings (SSSR count). The first kappa shape index (κ1) is 11.9. The molecule has 0 fully saturated rings. The Bertz CT molecular complexity index is 286. The molecule has 0 bridgehead atoms. The van der Waals surface area contributed by atoms with Crippen LogP contribution in [0.15, 0.2) is 31.1 Å². The minimum Gasteiger partial charge on any atom is -0.298 e. The van der Waals surface area contributed by atoms with Gasteiger partial charge in [-0.05, 0) is 18.7 Å². The van der Waals surface area contributed by atoms with Crippen LogP contribution in [0.3, 0.4) is 0 Å². The monoisotopic (exact) mass is 205 g/mol. The van der Waals surface area contributed by atoms with Crippen LogP contribution >= 0.6 is 0 Å². The van der Waals surface area contributed by atoms with Crippen LogP contribution in [0.4, 0.5) is 0 Å². The highest BCUT2D eigenvalue weighted by molar-refractivity contribution is 5.44. The lowest BCUT2D eigenvalue weighted by Gasteiger charge is -2.15. The van der Waals surface area contributed by atoms with Crippen molar-refractivity contribution in [1.82, 2.24) is 4.90 Å². The zero-order chi connectivity index (χ0) is 11.1. The highest BCUT2D eigenvalue weighted by Crippen LogP contribution is 1.95. The van der Waals surface area contributed by atoms with Crippen molar-refractivity contribution in [1.29, 1.82) is 0 Å². The lowest BCUT2D eigenvalue weighted by Crippen LogP contribution is -2.40. The SMILES string of the molecule is C=Cc1cc[n+](CCN(CC)CC)cc1. The number of rotatable bonds is 6. The molecule has 0 aliphatic rings. The van der Waals surface area contributed by atoms with Crippen LogP contribution in [-0.2, 0) is 6.54 Å². The van der Waals surface area contributed by atoms with Crippen LogP contribution in [0.1, 0.15) is 19.4 Å². The molecule has 0 N–H and O–H groups in total. The number of nitrogens with zero attached hydrogens (tertiary/aromatic N) is 2. The quantitative estimate of drug-likeness (QED) is 0.644. The molecular formula is C13H21N2+. The summed E-state index contributed by atoms with van der Waals surface area (Å²) in [6.07, 6.45) is 6.09. The summed E-state index contributed by atoms with van der Waals surface area (Å²) in [7, 11) is 0. The van der Waals surface area contributed by atoms with Gasteiger partial charge in [-0.15, -0.1) is 0 Å². The Kier molecular flexibility index (Phi) is 5.05. The Hall–Kier alpha value is -1.15. The predicted octanol–water partition coefficient (Wildman–Crippen LogP) is 1.96. The van der Waals surface area contributed by atoms with Gasteiger partial charge in [-0.25, -0.2) is 4.57 Å². The average Bonchev–Trinajstić information content (AvgIpc) is 2.31. The van der Waals surface area contributed by atoms with Crippen LogP contribution in [0, 0.1) is 0 Å².